The van der Waals surface area contributed by atoms with E-state index in [0.717, 1.165) is 16.7 Å². The number of likely N-dealkylation sites (N-methyl/N-ethyl adjacent to an activating group) is 1. The third-order valence-corrected chi connectivity index (χ3v) is 8.36. The van der Waals surface area contributed by atoms with Gasteiger partial charge < -0.3 is 19.9 Å². The third-order valence-electron chi connectivity index (χ3n) is 8.36. The zero-order chi connectivity index (χ0) is 30.5. The number of benzene rings is 4. The van der Waals surface area contributed by atoms with Gasteiger partial charge in [0, 0.05) is 42.7 Å². The van der Waals surface area contributed by atoms with E-state index in [9.17, 15) is 9.90 Å². The summed E-state index contributed by atoms with van der Waals surface area (Å²) in [4.78, 5) is 19.2. The number of aliphatic hydroxyl groups is 1. The standard InChI is InChI=1S/C37H37N3O4/c1-25(29-17-16-27-7-3-4-8-30(27)19-29)40(2)23-34-21-35(28-14-12-26(24-41)13-15-28)44-37(43-34)31-9-5-11-33(20-31)39-36(42)32-10-6-18-38-22-32/h3-20,22,25,34-35,37,41H,21,23-24H2,1-2H3,(H,39,42)/t25-,34+,35-,37-/m1/s1. The molecule has 7 heteroatoms. The molecule has 0 aliphatic carbocycles. The summed E-state index contributed by atoms with van der Waals surface area (Å²) in [6.45, 7) is 2.92. The van der Waals surface area contributed by atoms with Crippen molar-refractivity contribution in [3.05, 3.63) is 143 Å². The quantitative estimate of drug-likeness (QED) is 0.190. The fourth-order valence-corrected chi connectivity index (χ4v) is 5.70. The molecule has 1 amide bonds. The zero-order valence-electron chi connectivity index (χ0n) is 25.0. The van der Waals surface area contributed by atoms with Gasteiger partial charge in [0.15, 0.2) is 6.29 Å². The van der Waals surface area contributed by atoms with E-state index < -0.39 is 6.29 Å². The number of aromatic nitrogens is 1. The highest BCUT2D eigenvalue weighted by Gasteiger charge is 2.33. The molecule has 0 unspecified atom stereocenters. The molecular formula is C37H37N3O4. The van der Waals surface area contributed by atoms with Crippen LogP contribution < -0.4 is 5.32 Å². The first-order valence-electron chi connectivity index (χ1n) is 15.0. The molecule has 44 heavy (non-hydrogen) atoms. The number of carbonyl (C=O) groups excluding carboxylic acids is 1. The van der Waals surface area contributed by atoms with Crippen LogP contribution in [-0.2, 0) is 16.1 Å². The Labute approximate surface area is 258 Å². The number of anilines is 1. The minimum atomic E-state index is -0.629. The van der Waals surface area contributed by atoms with Gasteiger partial charge >= 0.3 is 0 Å². The summed E-state index contributed by atoms with van der Waals surface area (Å²) in [6.07, 6.45) is 2.91. The SMILES string of the molecule is C[C@H](c1ccc2ccccc2c1)N(C)C[C@@H]1C[C@H](c2ccc(CO)cc2)O[C@H](c2cccc(NC(=O)c3cccnc3)c2)O1. The first-order valence-corrected chi connectivity index (χ1v) is 15.0. The van der Waals surface area contributed by atoms with E-state index in [-0.39, 0.29) is 30.8 Å². The van der Waals surface area contributed by atoms with Gasteiger partial charge in [-0.1, -0.05) is 72.8 Å². The molecule has 2 heterocycles. The van der Waals surface area contributed by atoms with E-state index in [2.05, 4.69) is 71.6 Å². The van der Waals surface area contributed by atoms with E-state index >= 15 is 0 Å². The van der Waals surface area contributed by atoms with Crippen molar-refractivity contribution in [2.45, 2.75) is 44.5 Å². The summed E-state index contributed by atoms with van der Waals surface area (Å²) < 4.78 is 13.2. The maximum Gasteiger partial charge on any atom is 0.257 e. The number of amides is 1. The molecular weight excluding hydrogens is 550 g/mol. The molecule has 0 spiro atoms. The Kier molecular flexibility index (Phi) is 9.09. The molecule has 1 aromatic heterocycles. The van der Waals surface area contributed by atoms with E-state index in [4.69, 9.17) is 9.47 Å². The predicted molar refractivity (Wildman–Crippen MR) is 172 cm³/mol. The first-order chi connectivity index (χ1) is 21.5. The highest BCUT2D eigenvalue weighted by molar-refractivity contribution is 6.04. The lowest BCUT2D eigenvalue weighted by atomic mass is 9.98. The van der Waals surface area contributed by atoms with Crippen molar-refractivity contribution < 1.29 is 19.4 Å². The lowest BCUT2D eigenvalue weighted by Gasteiger charge is -2.39. The number of fused-ring (bicyclic) bond motifs is 1. The molecule has 1 fully saturated rings. The molecule has 4 aromatic carbocycles. The highest BCUT2D eigenvalue weighted by Crippen LogP contribution is 2.39. The highest BCUT2D eigenvalue weighted by atomic mass is 16.7. The van der Waals surface area contributed by atoms with Crippen molar-refractivity contribution in [1.29, 1.82) is 0 Å². The molecule has 0 bridgehead atoms. The normalized spacial score (nSPS) is 19.1. The Morgan fingerprint density at radius 3 is 2.52 bits per heavy atom. The second-order valence-corrected chi connectivity index (χ2v) is 11.4. The van der Waals surface area contributed by atoms with Crippen molar-refractivity contribution in [3.8, 4) is 0 Å². The van der Waals surface area contributed by atoms with Crippen molar-refractivity contribution in [2.24, 2.45) is 0 Å². The molecule has 7 nitrogen and oxygen atoms in total. The second-order valence-electron chi connectivity index (χ2n) is 11.4. The number of nitrogens with zero attached hydrogens (tertiary/aromatic N) is 2. The van der Waals surface area contributed by atoms with Gasteiger partial charge in [-0.3, -0.25) is 14.7 Å². The van der Waals surface area contributed by atoms with E-state index in [1.165, 1.54) is 16.3 Å². The van der Waals surface area contributed by atoms with E-state index in [1.807, 2.05) is 48.5 Å². The number of pyridine rings is 1. The number of carbonyl (C=O) groups is 1. The van der Waals surface area contributed by atoms with Crippen LogP contribution in [0, 0.1) is 0 Å². The average Bonchev–Trinajstić information content (AvgIpc) is 3.08. The summed E-state index contributed by atoms with van der Waals surface area (Å²) in [7, 11) is 2.13. The van der Waals surface area contributed by atoms with Crippen LogP contribution >= 0.6 is 0 Å². The number of hydrogen-bond donors (Lipinski definition) is 2. The second kappa shape index (κ2) is 13.5. The lowest BCUT2D eigenvalue weighted by molar-refractivity contribution is -0.253. The van der Waals surface area contributed by atoms with Crippen LogP contribution in [0.25, 0.3) is 10.8 Å². The van der Waals surface area contributed by atoms with Crippen LogP contribution in [0.3, 0.4) is 0 Å². The zero-order valence-corrected chi connectivity index (χ0v) is 25.0. The van der Waals surface area contributed by atoms with Crippen molar-refractivity contribution in [3.63, 3.8) is 0 Å². The minimum Gasteiger partial charge on any atom is -0.392 e. The monoisotopic (exact) mass is 587 g/mol. The van der Waals surface area contributed by atoms with Crippen LogP contribution in [-0.4, -0.2) is 40.6 Å². The number of aliphatic hydroxyl groups excluding tert-OH is 1. The van der Waals surface area contributed by atoms with Gasteiger partial charge in [-0.2, -0.15) is 0 Å². The Morgan fingerprint density at radius 2 is 1.75 bits per heavy atom. The Hall–Kier alpha value is -4.40. The maximum absolute atomic E-state index is 12.8. The van der Waals surface area contributed by atoms with Gasteiger partial charge in [0.05, 0.1) is 24.4 Å². The fraction of sp³-hybridized carbons (Fsp3) is 0.243. The van der Waals surface area contributed by atoms with E-state index in [1.54, 1.807) is 24.5 Å². The van der Waals surface area contributed by atoms with Crippen LogP contribution in [0.1, 0.15) is 64.4 Å². The third kappa shape index (κ3) is 6.87. The van der Waals surface area contributed by atoms with Crippen molar-refractivity contribution in [2.75, 3.05) is 18.9 Å². The summed E-state index contributed by atoms with van der Waals surface area (Å²) in [5.41, 5.74) is 5.10. The summed E-state index contributed by atoms with van der Waals surface area (Å²) >= 11 is 0. The Morgan fingerprint density at radius 1 is 0.932 bits per heavy atom. The fourth-order valence-electron chi connectivity index (χ4n) is 5.70. The van der Waals surface area contributed by atoms with Gasteiger partial charge in [-0.15, -0.1) is 0 Å². The minimum absolute atomic E-state index is 0.00479. The molecule has 2 N–H and O–H groups in total. The molecule has 1 saturated heterocycles. The van der Waals surface area contributed by atoms with Gasteiger partial charge in [-0.25, -0.2) is 0 Å². The maximum atomic E-state index is 12.8. The Bertz CT molecular complexity index is 1710. The molecule has 0 saturated carbocycles. The molecule has 5 aromatic rings. The number of nitrogens with one attached hydrogen (secondary N) is 1. The molecule has 1 aliphatic heterocycles. The number of ether oxygens (including phenoxy) is 2. The van der Waals surface area contributed by atoms with Crippen LogP contribution in [0.4, 0.5) is 5.69 Å². The molecule has 6 rings (SSSR count). The summed E-state index contributed by atoms with van der Waals surface area (Å²) in [6, 6.07) is 34.2. The molecule has 4 atom stereocenters. The molecule has 1 aliphatic rings. The smallest absolute Gasteiger partial charge is 0.257 e. The van der Waals surface area contributed by atoms with Crippen LogP contribution in [0.15, 0.2) is 116 Å². The lowest BCUT2D eigenvalue weighted by Crippen LogP contribution is -2.38. The van der Waals surface area contributed by atoms with Gasteiger partial charge in [-0.05, 0) is 71.8 Å². The summed E-state index contributed by atoms with van der Waals surface area (Å²) in [5, 5.41) is 15.0. The van der Waals surface area contributed by atoms with Crippen LogP contribution in [0.2, 0.25) is 0 Å². The van der Waals surface area contributed by atoms with E-state index in [0.29, 0.717) is 24.2 Å². The van der Waals surface area contributed by atoms with Gasteiger partial charge in [0.2, 0.25) is 0 Å². The van der Waals surface area contributed by atoms with Crippen molar-refractivity contribution >= 4 is 22.4 Å². The largest absolute Gasteiger partial charge is 0.392 e. The number of rotatable bonds is 9. The molecule has 224 valence electrons. The topological polar surface area (TPSA) is 83.9 Å². The summed E-state index contributed by atoms with van der Waals surface area (Å²) in [5.74, 6) is -0.232. The first kappa shape index (κ1) is 29.7. The molecule has 0 radical (unpaired) electrons. The van der Waals surface area contributed by atoms with Gasteiger partial charge in [0.1, 0.15) is 0 Å². The van der Waals surface area contributed by atoms with Crippen LogP contribution in [0.5, 0.6) is 0 Å². The predicted octanol–water partition coefficient (Wildman–Crippen LogP) is 7.22. The average molecular weight is 588 g/mol. The van der Waals surface area contributed by atoms with Crippen molar-refractivity contribution in [1.82, 2.24) is 9.88 Å². The van der Waals surface area contributed by atoms with Gasteiger partial charge in [0.25, 0.3) is 5.91 Å². The number of hydrogen-bond acceptors (Lipinski definition) is 6. The Balaban J connectivity index is 1.22.